The Morgan fingerprint density at radius 2 is 1.70 bits per heavy atom. The molecule has 0 fully saturated rings. The first-order chi connectivity index (χ1) is 11.2. The molecule has 0 bridgehead atoms. The minimum atomic E-state index is -0.0664. The normalized spacial score (nSPS) is 10.3. The smallest absolute Gasteiger partial charge is 0.222 e. The highest BCUT2D eigenvalue weighted by atomic mass is 16.1. The summed E-state index contributed by atoms with van der Waals surface area (Å²) >= 11 is 0. The topological polar surface area (TPSA) is 54.9 Å². The van der Waals surface area contributed by atoms with Crippen LogP contribution in [0.2, 0.25) is 0 Å². The van der Waals surface area contributed by atoms with E-state index in [9.17, 15) is 4.79 Å². The molecule has 1 N–H and O–H groups in total. The maximum absolute atomic E-state index is 12.4. The fourth-order valence-corrected chi connectivity index (χ4v) is 2.27. The maximum atomic E-state index is 12.4. The minimum absolute atomic E-state index is 0.0664. The third-order valence-corrected chi connectivity index (χ3v) is 3.49. The lowest BCUT2D eigenvalue weighted by Crippen LogP contribution is -2.07. The average molecular weight is 303 g/mol. The van der Waals surface area contributed by atoms with Gasteiger partial charge in [-0.3, -0.25) is 4.79 Å². The molecule has 4 heteroatoms. The molecule has 0 radical (unpaired) electrons. The van der Waals surface area contributed by atoms with Gasteiger partial charge in [-0.05, 0) is 18.6 Å². The number of carbonyl (C=O) groups is 1. The molecular weight excluding hydrogens is 286 g/mol. The van der Waals surface area contributed by atoms with E-state index in [1.54, 1.807) is 18.5 Å². The summed E-state index contributed by atoms with van der Waals surface area (Å²) in [5.41, 5.74) is 3.34. The van der Waals surface area contributed by atoms with Crippen LogP contribution < -0.4 is 5.32 Å². The molecule has 0 saturated heterocycles. The number of rotatable bonds is 5. The molecule has 2 aromatic carbocycles. The molecular formula is C19H17N3O. The molecule has 0 unspecified atom stereocenters. The van der Waals surface area contributed by atoms with Gasteiger partial charge in [0.25, 0.3) is 0 Å². The van der Waals surface area contributed by atoms with Crippen LogP contribution in [0.4, 0.5) is 5.95 Å². The second kappa shape index (κ2) is 6.83. The van der Waals surface area contributed by atoms with E-state index in [0.717, 1.165) is 11.1 Å². The fraction of sp³-hybridized carbons (Fsp3) is 0.105. The number of anilines is 1. The van der Waals surface area contributed by atoms with Crippen LogP contribution in [0.25, 0.3) is 0 Å². The van der Waals surface area contributed by atoms with Crippen molar-refractivity contribution in [1.82, 2.24) is 9.97 Å². The fourth-order valence-electron chi connectivity index (χ4n) is 2.27. The number of hydrogen-bond donors (Lipinski definition) is 1. The Morgan fingerprint density at radius 3 is 2.39 bits per heavy atom. The largest absolute Gasteiger partial charge is 0.350 e. The van der Waals surface area contributed by atoms with E-state index in [1.165, 1.54) is 0 Å². The summed E-state index contributed by atoms with van der Waals surface area (Å²) in [7, 11) is 0. The molecule has 0 saturated carbocycles. The molecule has 4 nitrogen and oxygen atoms in total. The number of nitrogens with zero attached hydrogens (tertiary/aromatic N) is 2. The standard InChI is InChI=1S/C19H17N3O/c1-14-6-5-9-16(10-14)18(23)17-12-21-19(22-13-17)20-11-15-7-3-2-4-8-15/h2-10,12-13H,11H2,1H3,(H,20,21,22). The summed E-state index contributed by atoms with van der Waals surface area (Å²) in [5.74, 6) is 0.443. The highest BCUT2D eigenvalue weighted by Gasteiger charge is 2.10. The quantitative estimate of drug-likeness (QED) is 0.731. The molecule has 23 heavy (non-hydrogen) atoms. The summed E-state index contributed by atoms with van der Waals surface area (Å²) in [4.78, 5) is 20.8. The van der Waals surface area contributed by atoms with Crippen LogP contribution in [-0.4, -0.2) is 15.8 Å². The Balaban J connectivity index is 1.68. The first-order valence-corrected chi connectivity index (χ1v) is 7.43. The van der Waals surface area contributed by atoms with Gasteiger partial charge in [0.1, 0.15) is 0 Å². The van der Waals surface area contributed by atoms with E-state index < -0.39 is 0 Å². The summed E-state index contributed by atoms with van der Waals surface area (Å²) in [5, 5.41) is 3.14. The third-order valence-electron chi connectivity index (χ3n) is 3.49. The molecule has 0 aliphatic rings. The van der Waals surface area contributed by atoms with Gasteiger partial charge < -0.3 is 5.32 Å². The predicted octanol–water partition coefficient (Wildman–Crippen LogP) is 3.63. The Hall–Kier alpha value is -3.01. The highest BCUT2D eigenvalue weighted by Crippen LogP contribution is 2.11. The summed E-state index contributed by atoms with van der Waals surface area (Å²) < 4.78 is 0. The van der Waals surface area contributed by atoms with Crippen molar-refractivity contribution in [3.8, 4) is 0 Å². The molecule has 0 aliphatic heterocycles. The van der Waals surface area contributed by atoms with Crippen molar-refractivity contribution in [1.29, 1.82) is 0 Å². The first-order valence-electron chi connectivity index (χ1n) is 7.43. The van der Waals surface area contributed by atoms with Gasteiger partial charge in [0, 0.05) is 24.5 Å². The van der Waals surface area contributed by atoms with Crippen LogP contribution in [0.5, 0.6) is 0 Å². The maximum Gasteiger partial charge on any atom is 0.222 e. The van der Waals surface area contributed by atoms with Gasteiger partial charge in [-0.2, -0.15) is 0 Å². The van der Waals surface area contributed by atoms with Gasteiger partial charge in [0.2, 0.25) is 5.95 Å². The van der Waals surface area contributed by atoms with Crippen LogP contribution in [0, 0.1) is 6.92 Å². The van der Waals surface area contributed by atoms with E-state index in [0.29, 0.717) is 23.6 Å². The van der Waals surface area contributed by atoms with Crippen molar-refractivity contribution in [2.45, 2.75) is 13.5 Å². The van der Waals surface area contributed by atoms with E-state index in [4.69, 9.17) is 0 Å². The van der Waals surface area contributed by atoms with E-state index in [1.807, 2.05) is 55.5 Å². The number of carbonyl (C=O) groups excluding carboxylic acids is 1. The average Bonchev–Trinajstić information content (AvgIpc) is 2.61. The van der Waals surface area contributed by atoms with Crippen LogP contribution in [-0.2, 0) is 6.54 Å². The van der Waals surface area contributed by atoms with Crippen molar-refractivity contribution >= 4 is 11.7 Å². The van der Waals surface area contributed by atoms with Crippen LogP contribution in [0.15, 0.2) is 67.0 Å². The van der Waals surface area contributed by atoms with Gasteiger partial charge in [0.05, 0.1) is 5.56 Å². The molecule has 0 atom stereocenters. The zero-order chi connectivity index (χ0) is 16.1. The zero-order valence-electron chi connectivity index (χ0n) is 12.9. The van der Waals surface area contributed by atoms with E-state index in [2.05, 4.69) is 15.3 Å². The lowest BCUT2D eigenvalue weighted by atomic mass is 10.0. The van der Waals surface area contributed by atoms with Crippen molar-refractivity contribution in [2.75, 3.05) is 5.32 Å². The number of aromatic nitrogens is 2. The van der Waals surface area contributed by atoms with Crippen LogP contribution >= 0.6 is 0 Å². The number of nitrogens with one attached hydrogen (secondary N) is 1. The Bertz CT molecular complexity index is 798. The number of hydrogen-bond acceptors (Lipinski definition) is 4. The van der Waals surface area contributed by atoms with E-state index >= 15 is 0 Å². The molecule has 0 amide bonds. The number of ketones is 1. The van der Waals surface area contributed by atoms with Crippen LogP contribution in [0.3, 0.4) is 0 Å². The van der Waals surface area contributed by atoms with Crippen molar-refractivity contribution in [3.05, 3.63) is 89.2 Å². The van der Waals surface area contributed by atoms with Crippen molar-refractivity contribution < 1.29 is 4.79 Å². The van der Waals surface area contributed by atoms with E-state index in [-0.39, 0.29) is 5.78 Å². The molecule has 1 heterocycles. The third kappa shape index (κ3) is 3.80. The number of aryl methyl sites for hydroxylation is 1. The molecule has 3 rings (SSSR count). The second-order valence-electron chi connectivity index (χ2n) is 5.33. The second-order valence-corrected chi connectivity index (χ2v) is 5.33. The SMILES string of the molecule is Cc1cccc(C(=O)c2cnc(NCc3ccccc3)nc2)c1. The highest BCUT2D eigenvalue weighted by molar-refractivity contribution is 6.08. The lowest BCUT2D eigenvalue weighted by molar-refractivity contribution is 0.103. The predicted molar refractivity (Wildman–Crippen MR) is 90.4 cm³/mol. The minimum Gasteiger partial charge on any atom is -0.350 e. The van der Waals surface area contributed by atoms with Gasteiger partial charge in [-0.1, -0.05) is 54.1 Å². The van der Waals surface area contributed by atoms with Crippen LogP contribution in [0.1, 0.15) is 27.0 Å². The van der Waals surface area contributed by atoms with Gasteiger partial charge in [-0.15, -0.1) is 0 Å². The van der Waals surface area contributed by atoms with Gasteiger partial charge in [-0.25, -0.2) is 9.97 Å². The van der Waals surface area contributed by atoms with Gasteiger partial charge in [0.15, 0.2) is 5.78 Å². The van der Waals surface area contributed by atoms with Crippen molar-refractivity contribution in [3.63, 3.8) is 0 Å². The molecule has 3 aromatic rings. The Labute approximate surface area is 135 Å². The summed E-state index contributed by atoms with van der Waals surface area (Å²) in [6.07, 6.45) is 3.12. The molecule has 0 aliphatic carbocycles. The first kappa shape index (κ1) is 14.9. The Kier molecular flexibility index (Phi) is 4.43. The van der Waals surface area contributed by atoms with Crippen molar-refractivity contribution in [2.24, 2.45) is 0 Å². The lowest BCUT2D eigenvalue weighted by Gasteiger charge is -2.06. The monoisotopic (exact) mass is 303 g/mol. The van der Waals surface area contributed by atoms with Gasteiger partial charge >= 0.3 is 0 Å². The molecule has 1 aromatic heterocycles. The summed E-state index contributed by atoms with van der Waals surface area (Å²) in [6.45, 7) is 2.61. The zero-order valence-corrected chi connectivity index (χ0v) is 12.9. The molecule has 114 valence electrons. The summed E-state index contributed by atoms with van der Waals surface area (Å²) in [6, 6.07) is 17.5. The number of benzene rings is 2. The Morgan fingerprint density at radius 1 is 0.957 bits per heavy atom. The molecule has 0 spiro atoms.